The SMILES string of the molecule is [C-]#[N+]c1ccc(N(c2ccc3c(c2)c2ccccc2n3-c2ccccc2)c2cc3c(c4ccccc24)-c2c(cc(N(c4ccc(C#N)cc4)c4ccc5c(c4)c4ccccc4n5-c4ccccc4)c4ccccc24)C32c3ccccc3-n3c4ccccc4c4cccc2c43)cc1. The van der Waals surface area contributed by atoms with Crippen molar-refractivity contribution in [2.75, 3.05) is 9.80 Å². The number of para-hydroxylation sites is 7. The largest absolute Gasteiger partial charge is 0.310 e. The topological polar surface area (TPSA) is 49.4 Å². The second kappa shape index (κ2) is 20.4. The van der Waals surface area contributed by atoms with E-state index >= 15 is 0 Å². The molecule has 1 spiro atoms. The molecule has 1 aliphatic carbocycles. The van der Waals surface area contributed by atoms with Crippen LogP contribution in [0.3, 0.4) is 0 Å². The lowest BCUT2D eigenvalue weighted by Gasteiger charge is -2.40. The Hall–Kier alpha value is -13.2. The Morgan fingerprint density at radius 2 is 0.708 bits per heavy atom. The van der Waals surface area contributed by atoms with Gasteiger partial charge in [0.05, 0.1) is 73.8 Å². The van der Waals surface area contributed by atoms with Crippen LogP contribution in [0.15, 0.2) is 322 Å². The summed E-state index contributed by atoms with van der Waals surface area (Å²) in [5.74, 6) is 0. The molecule has 1 atom stereocenters. The minimum atomic E-state index is -0.946. The van der Waals surface area contributed by atoms with Gasteiger partial charge in [-0.3, -0.25) is 0 Å². The zero-order chi connectivity index (χ0) is 63.3. The van der Waals surface area contributed by atoms with Crippen molar-refractivity contribution in [3.63, 3.8) is 0 Å². The van der Waals surface area contributed by atoms with Crippen LogP contribution in [-0.2, 0) is 5.41 Å². The summed E-state index contributed by atoms with van der Waals surface area (Å²) in [6, 6.07) is 119. The molecule has 0 saturated carbocycles. The van der Waals surface area contributed by atoms with E-state index in [9.17, 15) is 5.26 Å². The zero-order valence-corrected chi connectivity index (χ0v) is 51.7. The second-order valence-corrected chi connectivity index (χ2v) is 25.3. The average molecular weight is 1220 g/mol. The fourth-order valence-electron chi connectivity index (χ4n) is 16.8. The third-order valence-corrected chi connectivity index (χ3v) is 20.6. The van der Waals surface area contributed by atoms with Crippen molar-refractivity contribution in [1.82, 2.24) is 13.7 Å². The molecule has 7 heteroatoms. The minimum Gasteiger partial charge on any atom is -0.310 e. The van der Waals surface area contributed by atoms with Crippen LogP contribution < -0.4 is 9.80 Å². The highest BCUT2D eigenvalue weighted by molar-refractivity contribution is 6.22. The van der Waals surface area contributed by atoms with E-state index in [2.05, 4.69) is 332 Å². The van der Waals surface area contributed by atoms with E-state index in [1.54, 1.807) is 0 Å². The molecule has 0 amide bonds. The van der Waals surface area contributed by atoms with Gasteiger partial charge in [0, 0.05) is 77.2 Å². The first-order valence-corrected chi connectivity index (χ1v) is 32.6. The molecular formula is C89H53N7. The Morgan fingerprint density at radius 3 is 1.22 bits per heavy atom. The minimum absolute atomic E-state index is 0.576. The maximum Gasteiger partial charge on any atom is 0.187 e. The third kappa shape index (κ3) is 7.34. The van der Waals surface area contributed by atoms with E-state index in [1.165, 1.54) is 49.7 Å². The summed E-state index contributed by atoms with van der Waals surface area (Å²) in [7, 11) is 0. The fourth-order valence-corrected chi connectivity index (χ4v) is 16.8. The van der Waals surface area contributed by atoms with Crippen molar-refractivity contribution >= 4 is 127 Å². The number of hydrogen-bond acceptors (Lipinski definition) is 3. The molecule has 444 valence electrons. The van der Waals surface area contributed by atoms with E-state index in [-0.39, 0.29) is 0 Å². The maximum absolute atomic E-state index is 10.4. The van der Waals surface area contributed by atoms with Crippen molar-refractivity contribution in [3.05, 3.63) is 361 Å². The van der Waals surface area contributed by atoms with Crippen molar-refractivity contribution in [3.8, 4) is 34.3 Å². The summed E-state index contributed by atoms with van der Waals surface area (Å²) in [5.41, 5.74) is 23.3. The molecule has 20 rings (SSSR count). The number of fused-ring (bicyclic) bond motifs is 22. The molecule has 4 heterocycles. The fraction of sp³-hybridized carbons (Fsp3) is 0.0112. The van der Waals surface area contributed by atoms with Gasteiger partial charge in [-0.25, -0.2) is 4.85 Å². The Balaban J connectivity index is 0.924. The van der Waals surface area contributed by atoms with Gasteiger partial charge in [0.2, 0.25) is 0 Å². The monoisotopic (exact) mass is 1220 g/mol. The Labute approximate surface area is 552 Å². The molecule has 15 aromatic carbocycles. The molecule has 0 bridgehead atoms. The summed E-state index contributed by atoms with van der Waals surface area (Å²) in [5, 5.41) is 21.8. The van der Waals surface area contributed by atoms with E-state index in [0.717, 1.165) is 122 Å². The number of aromatic nitrogens is 3. The van der Waals surface area contributed by atoms with Gasteiger partial charge >= 0.3 is 0 Å². The van der Waals surface area contributed by atoms with Gasteiger partial charge in [0.15, 0.2) is 5.69 Å². The number of hydrogen-bond donors (Lipinski definition) is 0. The smallest absolute Gasteiger partial charge is 0.187 e. The molecule has 7 nitrogen and oxygen atoms in total. The first kappa shape index (κ1) is 53.5. The Morgan fingerprint density at radius 1 is 0.312 bits per heavy atom. The van der Waals surface area contributed by atoms with Gasteiger partial charge < -0.3 is 23.5 Å². The van der Waals surface area contributed by atoms with Gasteiger partial charge in [-0.1, -0.05) is 188 Å². The summed E-state index contributed by atoms with van der Waals surface area (Å²) in [6.45, 7) is 8.15. The van der Waals surface area contributed by atoms with Crippen LogP contribution >= 0.6 is 0 Å². The Kier molecular flexibility index (Phi) is 11.4. The number of benzene rings is 15. The van der Waals surface area contributed by atoms with Crippen LogP contribution in [-0.4, -0.2) is 13.7 Å². The number of rotatable bonds is 8. The molecule has 3 aromatic heterocycles. The molecule has 18 aromatic rings. The van der Waals surface area contributed by atoms with Gasteiger partial charge in [0.25, 0.3) is 0 Å². The molecule has 1 aliphatic heterocycles. The molecule has 0 N–H and O–H groups in total. The number of nitriles is 1. The molecular weight excluding hydrogens is 1170 g/mol. The molecule has 0 fully saturated rings. The van der Waals surface area contributed by atoms with Gasteiger partial charge in [-0.2, -0.15) is 5.26 Å². The predicted molar refractivity (Wildman–Crippen MR) is 396 cm³/mol. The molecule has 0 saturated heterocycles. The second-order valence-electron chi connectivity index (χ2n) is 25.3. The predicted octanol–water partition coefficient (Wildman–Crippen LogP) is 23.3. The lowest BCUT2D eigenvalue weighted by atomic mass is 9.65. The van der Waals surface area contributed by atoms with Gasteiger partial charge in [-0.15, -0.1) is 0 Å². The lowest BCUT2D eigenvalue weighted by Crippen LogP contribution is -2.34. The average Bonchev–Trinajstić information content (AvgIpc) is 1.47. The summed E-state index contributed by atoms with van der Waals surface area (Å²) in [4.78, 5) is 8.79. The van der Waals surface area contributed by atoms with Crippen molar-refractivity contribution < 1.29 is 0 Å². The first-order valence-electron chi connectivity index (χ1n) is 32.6. The number of nitrogens with zero attached hydrogens (tertiary/aromatic N) is 7. The highest BCUT2D eigenvalue weighted by atomic mass is 15.2. The quantitative estimate of drug-likeness (QED) is 0.142. The molecule has 0 radical (unpaired) electrons. The highest BCUT2D eigenvalue weighted by Crippen LogP contribution is 2.66. The van der Waals surface area contributed by atoms with Crippen LogP contribution in [0, 0.1) is 17.9 Å². The summed E-state index contributed by atoms with van der Waals surface area (Å²) >= 11 is 0. The maximum atomic E-state index is 10.4. The van der Waals surface area contributed by atoms with Crippen LogP contribution in [0.2, 0.25) is 0 Å². The normalized spacial score (nSPS) is 13.6. The zero-order valence-electron chi connectivity index (χ0n) is 51.7. The highest BCUT2D eigenvalue weighted by Gasteiger charge is 2.53. The van der Waals surface area contributed by atoms with Crippen molar-refractivity contribution in [1.29, 1.82) is 5.26 Å². The van der Waals surface area contributed by atoms with Crippen LogP contribution in [0.4, 0.5) is 39.8 Å². The summed E-state index contributed by atoms with van der Waals surface area (Å²) < 4.78 is 7.27. The van der Waals surface area contributed by atoms with Crippen molar-refractivity contribution in [2.24, 2.45) is 0 Å². The van der Waals surface area contributed by atoms with E-state index in [1.807, 2.05) is 24.3 Å². The molecule has 2 aliphatic rings. The van der Waals surface area contributed by atoms with E-state index in [4.69, 9.17) is 6.57 Å². The standard InChI is InChI=1S/C89H53N7/c1-91-57-41-45-61(46-42-57)93(63-48-50-82-73(52-63)68-29-14-17-36-79(68)95(82)59-23-6-3-7-24-59)85-54-77-87(70-31-11-9-26-65(70)85)86-69-30-10-8-25-64(69)84(53-76(86)89(77)74-33-15-19-38-83(74)96-80-37-18-12-27-66(80)71-32-20-34-75(89)88(71)96)92(60-43-39-56(55-90)40-44-60)62-47-49-81-72(51-62)67-28-13-16-35-78(67)94(81)58-21-4-2-5-22-58/h2-54H. The van der Waals surface area contributed by atoms with E-state index < -0.39 is 5.41 Å². The van der Waals surface area contributed by atoms with Gasteiger partial charge in [-0.05, 0) is 178 Å². The van der Waals surface area contributed by atoms with Crippen molar-refractivity contribution in [2.45, 2.75) is 5.41 Å². The molecule has 96 heavy (non-hydrogen) atoms. The lowest BCUT2D eigenvalue weighted by molar-refractivity contribution is 0.749. The van der Waals surface area contributed by atoms with Crippen LogP contribution in [0.25, 0.3) is 120 Å². The van der Waals surface area contributed by atoms with Crippen LogP contribution in [0.5, 0.6) is 0 Å². The molecule has 1 unspecified atom stereocenters. The van der Waals surface area contributed by atoms with E-state index in [0.29, 0.717) is 11.3 Å². The van der Waals surface area contributed by atoms with Crippen LogP contribution in [0.1, 0.15) is 27.8 Å². The third-order valence-electron chi connectivity index (χ3n) is 20.6. The first-order chi connectivity index (χ1) is 47.6. The Bertz CT molecular complexity index is 6110. The van der Waals surface area contributed by atoms with Gasteiger partial charge in [0.1, 0.15) is 0 Å². The summed E-state index contributed by atoms with van der Waals surface area (Å²) in [6.07, 6.45) is 0. The number of anilines is 6.